The quantitative estimate of drug-likeness (QED) is 0.747. The summed E-state index contributed by atoms with van der Waals surface area (Å²) in [6.45, 7) is 7.71. The minimum absolute atomic E-state index is 0.130. The second-order valence-corrected chi connectivity index (χ2v) is 8.59. The van der Waals surface area contributed by atoms with Crippen LogP contribution in [0.5, 0.6) is 0 Å². The minimum atomic E-state index is -0.130. The lowest BCUT2D eigenvalue weighted by Crippen LogP contribution is -2.52. The normalized spacial score (nSPS) is 24.3. The van der Waals surface area contributed by atoms with Gasteiger partial charge in [-0.15, -0.1) is 0 Å². The van der Waals surface area contributed by atoms with Crippen LogP contribution in [0.25, 0.3) is 0 Å². The van der Waals surface area contributed by atoms with Crippen molar-refractivity contribution in [3.05, 3.63) is 24.3 Å². The van der Waals surface area contributed by atoms with Gasteiger partial charge in [0.05, 0.1) is 31.2 Å². The molecule has 3 aliphatic heterocycles. The van der Waals surface area contributed by atoms with Crippen LogP contribution in [0.1, 0.15) is 32.1 Å². The van der Waals surface area contributed by atoms with Crippen LogP contribution in [0.3, 0.4) is 0 Å². The lowest BCUT2D eigenvalue weighted by molar-refractivity contribution is 0.00222. The highest BCUT2D eigenvalue weighted by molar-refractivity contribution is 5.93. The number of para-hydroxylation sites is 2. The molecule has 3 saturated heterocycles. The molecule has 2 unspecified atom stereocenters. The summed E-state index contributed by atoms with van der Waals surface area (Å²) >= 11 is 0. The predicted octanol–water partition coefficient (Wildman–Crippen LogP) is 2.93. The highest BCUT2D eigenvalue weighted by Crippen LogP contribution is 2.28. The van der Waals surface area contributed by atoms with E-state index in [0.29, 0.717) is 18.5 Å². The molecule has 4 rings (SSSR count). The zero-order chi connectivity index (χ0) is 20.6. The van der Waals surface area contributed by atoms with Crippen LogP contribution in [0.4, 0.5) is 16.2 Å². The monoisotopic (exact) mass is 416 g/mol. The molecule has 3 fully saturated rings. The average Bonchev–Trinajstić information content (AvgIpc) is 3.17. The second-order valence-electron chi connectivity index (χ2n) is 8.59. The Labute approximate surface area is 180 Å². The third-order valence-corrected chi connectivity index (χ3v) is 6.59. The first kappa shape index (κ1) is 21.4. The third-order valence-electron chi connectivity index (χ3n) is 6.59. The first-order valence-electron chi connectivity index (χ1n) is 11.6. The van der Waals surface area contributed by atoms with Crippen LogP contribution in [0, 0.1) is 5.92 Å². The van der Waals surface area contributed by atoms with E-state index in [1.165, 1.54) is 25.7 Å². The van der Waals surface area contributed by atoms with Crippen molar-refractivity contribution in [2.75, 3.05) is 69.4 Å². The first-order valence-corrected chi connectivity index (χ1v) is 11.6. The second kappa shape index (κ2) is 11.0. The molecule has 3 aliphatic rings. The number of benzene rings is 1. The zero-order valence-corrected chi connectivity index (χ0v) is 18.0. The molecule has 1 aromatic rings. The Bertz CT molecular complexity index is 666. The largest absolute Gasteiger partial charge is 0.381 e. The summed E-state index contributed by atoms with van der Waals surface area (Å²) in [5, 5.41) is 6.25. The Morgan fingerprint density at radius 1 is 1.00 bits per heavy atom. The van der Waals surface area contributed by atoms with Gasteiger partial charge >= 0.3 is 6.03 Å². The molecular weight excluding hydrogens is 380 g/mol. The van der Waals surface area contributed by atoms with Crippen LogP contribution in [0.15, 0.2) is 24.3 Å². The molecule has 1 aromatic carbocycles. The van der Waals surface area contributed by atoms with E-state index in [1.54, 1.807) is 0 Å². The molecule has 0 radical (unpaired) electrons. The molecule has 7 heteroatoms. The maximum atomic E-state index is 12.8. The molecule has 0 bridgehead atoms. The molecule has 3 heterocycles. The van der Waals surface area contributed by atoms with Gasteiger partial charge in [-0.3, -0.25) is 4.90 Å². The van der Waals surface area contributed by atoms with E-state index in [9.17, 15) is 4.79 Å². The summed E-state index contributed by atoms with van der Waals surface area (Å²) < 4.78 is 11.2. The third kappa shape index (κ3) is 5.65. The van der Waals surface area contributed by atoms with Gasteiger partial charge in [0.1, 0.15) is 0 Å². The molecule has 7 nitrogen and oxygen atoms in total. The van der Waals surface area contributed by atoms with E-state index >= 15 is 0 Å². The Hall–Kier alpha value is -1.83. The van der Waals surface area contributed by atoms with Gasteiger partial charge in [0.25, 0.3) is 0 Å². The van der Waals surface area contributed by atoms with Crippen molar-refractivity contribution in [3.63, 3.8) is 0 Å². The van der Waals surface area contributed by atoms with Gasteiger partial charge < -0.3 is 25.0 Å². The van der Waals surface area contributed by atoms with E-state index in [1.807, 2.05) is 12.1 Å². The molecule has 0 aliphatic carbocycles. The number of urea groups is 1. The van der Waals surface area contributed by atoms with Gasteiger partial charge in [-0.1, -0.05) is 25.0 Å². The van der Waals surface area contributed by atoms with Crippen LogP contribution < -0.4 is 15.5 Å². The van der Waals surface area contributed by atoms with Gasteiger partial charge in [0.2, 0.25) is 0 Å². The number of anilines is 2. The van der Waals surface area contributed by atoms with Crippen LogP contribution in [-0.4, -0.2) is 76.1 Å². The van der Waals surface area contributed by atoms with Gasteiger partial charge in [-0.05, 0) is 31.4 Å². The number of hydrogen-bond acceptors (Lipinski definition) is 5. The van der Waals surface area contributed by atoms with E-state index in [-0.39, 0.29) is 6.03 Å². The van der Waals surface area contributed by atoms with Crippen molar-refractivity contribution < 1.29 is 14.3 Å². The highest BCUT2D eigenvalue weighted by Gasteiger charge is 2.31. The predicted molar refractivity (Wildman–Crippen MR) is 119 cm³/mol. The van der Waals surface area contributed by atoms with Gasteiger partial charge in [-0.2, -0.15) is 0 Å². The summed E-state index contributed by atoms with van der Waals surface area (Å²) in [5.74, 6) is 0.466. The fraction of sp³-hybridized carbons (Fsp3) is 0.696. The Kier molecular flexibility index (Phi) is 7.83. The fourth-order valence-electron chi connectivity index (χ4n) is 4.89. The number of carbonyl (C=O) groups is 1. The highest BCUT2D eigenvalue weighted by atomic mass is 16.5. The van der Waals surface area contributed by atoms with Crippen LogP contribution in [-0.2, 0) is 9.47 Å². The number of amides is 2. The standard InChI is InChI=1S/C23H36N4O3/c28-23(24-17-22(19-9-14-30-18-19)27-12-15-29-16-13-27)25-20-7-3-4-8-21(20)26-10-5-1-2-6-11-26/h3-4,7-8,19,22H,1-2,5-6,9-18H2,(H2,24,25,28). The minimum Gasteiger partial charge on any atom is -0.381 e. The van der Waals surface area contributed by atoms with E-state index in [4.69, 9.17) is 9.47 Å². The summed E-state index contributed by atoms with van der Waals surface area (Å²) in [4.78, 5) is 17.7. The summed E-state index contributed by atoms with van der Waals surface area (Å²) in [6.07, 6.45) is 6.07. The number of rotatable bonds is 6. The number of ether oxygens (including phenoxy) is 2. The molecule has 2 amide bonds. The summed E-state index contributed by atoms with van der Waals surface area (Å²) in [6, 6.07) is 8.33. The lowest BCUT2D eigenvalue weighted by atomic mass is 9.97. The Morgan fingerprint density at radius 2 is 1.77 bits per heavy atom. The van der Waals surface area contributed by atoms with Crippen molar-refractivity contribution in [3.8, 4) is 0 Å². The SMILES string of the molecule is O=C(NCC(C1CCOC1)N1CCOCC1)Nc1ccccc1N1CCCCCC1. The van der Waals surface area contributed by atoms with Crippen molar-refractivity contribution in [1.82, 2.24) is 10.2 Å². The van der Waals surface area contributed by atoms with E-state index < -0.39 is 0 Å². The number of morpholine rings is 1. The fourth-order valence-corrected chi connectivity index (χ4v) is 4.89. The number of hydrogen-bond donors (Lipinski definition) is 2. The van der Waals surface area contributed by atoms with Gasteiger partial charge in [-0.25, -0.2) is 4.79 Å². The van der Waals surface area contributed by atoms with Gasteiger partial charge in [0, 0.05) is 51.3 Å². The lowest BCUT2D eigenvalue weighted by Gasteiger charge is -2.37. The van der Waals surface area contributed by atoms with Crippen LogP contribution in [0.2, 0.25) is 0 Å². The summed E-state index contributed by atoms with van der Waals surface area (Å²) in [5.41, 5.74) is 2.02. The maximum absolute atomic E-state index is 12.8. The topological polar surface area (TPSA) is 66.1 Å². The molecule has 2 atom stereocenters. The van der Waals surface area contributed by atoms with Crippen LogP contribution >= 0.6 is 0 Å². The first-order chi connectivity index (χ1) is 14.8. The molecule has 0 aromatic heterocycles. The Morgan fingerprint density at radius 3 is 2.50 bits per heavy atom. The molecule has 30 heavy (non-hydrogen) atoms. The Balaban J connectivity index is 1.36. The van der Waals surface area contributed by atoms with Crippen molar-refractivity contribution in [2.45, 2.75) is 38.1 Å². The molecular formula is C23H36N4O3. The molecule has 2 N–H and O–H groups in total. The number of carbonyl (C=O) groups excluding carboxylic acids is 1. The molecule has 0 spiro atoms. The van der Waals surface area contributed by atoms with Gasteiger partial charge in [0.15, 0.2) is 0 Å². The zero-order valence-electron chi connectivity index (χ0n) is 18.0. The maximum Gasteiger partial charge on any atom is 0.319 e. The molecule has 0 saturated carbocycles. The molecule has 166 valence electrons. The number of nitrogens with one attached hydrogen (secondary N) is 2. The van der Waals surface area contributed by atoms with Crippen molar-refractivity contribution >= 4 is 17.4 Å². The van der Waals surface area contributed by atoms with E-state index in [0.717, 1.165) is 70.4 Å². The van der Waals surface area contributed by atoms with E-state index in [2.05, 4.69) is 32.6 Å². The van der Waals surface area contributed by atoms with Crippen molar-refractivity contribution in [2.24, 2.45) is 5.92 Å². The number of nitrogens with zero attached hydrogens (tertiary/aromatic N) is 2. The smallest absolute Gasteiger partial charge is 0.319 e. The van der Waals surface area contributed by atoms with Crippen molar-refractivity contribution in [1.29, 1.82) is 0 Å². The summed E-state index contributed by atoms with van der Waals surface area (Å²) in [7, 11) is 0. The average molecular weight is 417 g/mol.